The molecule has 5 aliphatic rings. The molecule has 0 radical (unpaired) electrons. The summed E-state index contributed by atoms with van der Waals surface area (Å²) in [5.41, 5.74) is -5.80. The van der Waals surface area contributed by atoms with Gasteiger partial charge in [-0.3, -0.25) is 9.59 Å². The van der Waals surface area contributed by atoms with E-state index in [4.69, 9.17) is 9.47 Å². The Balaban J connectivity index is 1.61. The van der Waals surface area contributed by atoms with Crippen LogP contribution in [0.2, 0.25) is 0 Å². The highest BCUT2D eigenvalue weighted by Gasteiger charge is 2.79. The molecule has 0 aromatic carbocycles. The van der Waals surface area contributed by atoms with E-state index in [1.54, 1.807) is 14.0 Å². The van der Waals surface area contributed by atoms with Gasteiger partial charge in [-0.15, -0.1) is 0 Å². The molecule has 5 rings (SSSR count). The zero-order valence-corrected chi connectivity index (χ0v) is 20.3. The Morgan fingerprint density at radius 1 is 1.29 bits per heavy atom. The molecule has 188 valence electrons. The summed E-state index contributed by atoms with van der Waals surface area (Å²) in [7, 11) is 1.68. The van der Waals surface area contributed by atoms with Crippen LogP contribution in [0.3, 0.4) is 0 Å². The van der Waals surface area contributed by atoms with Crippen molar-refractivity contribution in [2.75, 3.05) is 13.6 Å². The summed E-state index contributed by atoms with van der Waals surface area (Å²) in [6.07, 6.45) is 1.41. The van der Waals surface area contributed by atoms with Crippen molar-refractivity contribution in [3.05, 3.63) is 23.8 Å². The molecular weight excluding hydrogens is 444 g/mol. The van der Waals surface area contributed by atoms with Crippen molar-refractivity contribution in [2.24, 2.45) is 22.7 Å². The lowest BCUT2D eigenvalue weighted by Crippen LogP contribution is -2.71. The Hall–Kier alpha value is -1.48. The first-order chi connectivity index (χ1) is 16.0. The quantitative estimate of drug-likeness (QED) is 0.631. The van der Waals surface area contributed by atoms with Gasteiger partial charge in [0.15, 0.2) is 29.1 Å². The van der Waals surface area contributed by atoms with E-state index in [1.165, 1.54) is 18.2 Å². The van der Waals surface area contributed by atoms with Crippen LogP contribution in [0.5, 0.6) is 0 Å². The second kappa shape index (κ2) is 7.76. The van der Waals surface area contributed by atoms with E-state index >= 15 is 8.78 Å². The molecule has 1 heterocycles. The van der Waals surface area contributed by atoms with Crippen LogP contribution in [0.1, 0.15) is 52.9 Å². The number of hydrogen-bond acceptors (Lipinski definition) is 6. The first-order valence-electron chi connectivity index (χ1n) is 12.5. The van der Waals surface area contributed by atoms with E-state index in [0.717, 1.165) is 6.42 Å². The van der Waals surface area contributed by atoms with E-state index in [2.05, 4.69) is 5.32 Å². The molecule has 2 N–H and O–H groups in total. The SMILES string of the molecule is CCC[C@H]1O[C@@H]2C[C@H]3[C@@H]4C[C@H](F)C5=CC(=O)C=C[C@]5(C)[C@@]4(F)[C@@H](O)C[C@]3(C)[C@]2(C(=O)CNC)O1. The Morgan fingerprint density at radius 3 is 2.71 bits per heavy atom. The number of rotatable bonds is 5. The molecule has 4 fully saturated rings. The van der Waals surface area contributed by atoms with Crippen molar-refractivity contribution in [3.8, 4) is 0 Å². The van der Waals surface area contributed by atoms with Gasteiger partial charge < -0.3 is 19.9 Å². The first-order valence-corrected chi connectivity index (χ1v) is 12.5. The number of alkyl halides is 2. The van der Waals surface area contributed by atoms with Gasteiger partial charge in [-0.25, -0.2) is 8.78 Å². The first kappa shape index (κ1) is 24.2. The van der Waals surface area contributed by atoms with E-state index < -0.39 is 58.6 Å². The molecule has 10 atom stereocenters. The molecule has 0 aromatic heterocycles. The molecular formula is C26H35F2NO5. The normalized spacial score (nSPS) is 51.4. The van der Waals surface area contributed by atoms with E-state index in [1.807, 2.05) is 13.8 Å². The standard InChI is InChI=1S/C26H35F2NO5/c1-5-6-22-33-21-11-15-16-10-18(27)17-9-14(30)7-8-23(17,2)25(16,28)19(31)12-24(15,3)26(21,34-22)20(32)13-29-4/h7-9,15-16,18-19,21-22,29,31H,5-6,10-13H2,1-4H3/t15-,16-,18-,19-,21+,22-,23-,24-,25-,26+/m0/s1. The molecule has 0 spiro atoms. The van der Waals surface area contributed by atoms with Crippen LogP contribution < -0.4 is 5.32 Å². The topological polar surface area (TPSA) is 84.9 Å². The number of Topliss-reactive ketones (excluding diaryl/α,β-unsaturated/α-hetero) is 1. The van der Waals surface area contributed by atoms with Crippen LogP contribution in [0.4, 0.5) is 8.78 Å². The Bertz CT molecular complexity index is 969. The van der Waals surface area contributed by atoms with Crippen molar-refractivity contribution in [2.45, 2.75) is 88.8 Å². The molecule has 0 aromatic rings. The summed E-state index contributed by atoms with van der Waals surface area (Å²) in [6.45, 7) is 5.53. The van der Waals surface area contributed by atoms with Crippen molar-refractivity contribution in [3.63, 3.8) is 0 Å². The van der Waals surface area contributed by atoms with Gasteiger partial charge in [-0.05, 0) is 63.3 Å². The number of ketones is 2. The molecule has 6 nitrogen and oxygen atoms in total. The number of nitrogens with one attached hydrogen (secondary N) is 1. The number of hydrogen-bond donors (Lipinski definition) is 2. The van der Waals surface area contributed by atoms with Crippen LogP contribution in [-0.2, 0) is 19.1 Å². The number of ether oxygens (including phenoxy) is 2. The van der Waals surface area contributed by atoms with Gasteiger partial charge in [-0.1, -0.05) is 26.3 Å². The third-order valence-electron chi connectivity index (χ3n) is 9.70. The predicted molar refractivity (Wildman–Crippen MR) is 120 cm³/mol. The van der Waals surface area contributed by atoms with Crippen LogP contribution in [0.15, 0.2) is 23.8 Å². The maximum atomic E-state index is 17.3. The molecule has 0 unspecified atom stereocenters. The minimum Gasteiger partial charge on any atom is -0.390 e. The minimum atomic E-state index is -2.18. The Labute approximate surface area is 199 Å². The van der Waals surface area contributed by atoms with Crippen molar-refractivity contribution >= 4 is 11.6 Å². The zero-order valence-electron chi connectivity index (χ0n) is 20.3. The number of likely N-dealkylation sites (N-methyl/N-ethyl adjacent to an activating group) is 1. The third kappa shape index (κ3) is 2.74. The summed E-state index contributed by atoms with van der Waals surface area (Å²) in [4.78, 5) is 25.6. The van der Waals surface area contributed by atoms with Crippen molar-refractivity contribution < 1.29 is 33.0 Å². The molecule has 34 heavy (non-hydrogen) atoms. The molecule has 4 aliphatic carbocycles. The summed E-state index contributed by atoms with van der Waals surface area (Å²) in [5, 5.41) is 14.4. The predicted octanol–water partition coefficient (Wildman–Crippen LogP) is 2.98. The van der Waals surface area contributed by atoms with Gasteiger partial charge in [0.2, 0.25) is 0 Å². The highest BCUT2D eigenvalue weighted by molar-refractivity contribution is 6.01. The highest BCUT2D eigenvalue weighted by atomic mass is 19.1. The van der Waals surface area contributed by atoms with Gasteiger partial charge in [0.1, 0.15) is 6.17 Å². The maximum absolute atomic E-state index is 17.3. The number of aliphatic hydroxyl groups is 1. The largest absolute Gasteiger partial charge is 0.390 e. The summed E-state index contributed by atoms with van der Waals surface area (Å²) < 4.78 is 45.5. The van der Waals surface area contributed by atoms with Crippen molar-refractivity contribution in [1.82, 2.24) is 5.32 Å². The number of fused-ring (bicyclic) bond motifs is 7. The summed E-state index contributed by atoms with van der Waals surface area (Å²) in [6, 6.07) is 0. The van der Waals surface area contributed by atoms with E-state index in [0.29, 0.717) is 12.8 Å². The number of carbonyl (C=O) groups excluding carboxylic acids is 2. The zero-order chi connectivity index (χ0) is 24.7. The molecule has 1 saturated heterocycles. The van der Waals surface area contributed by atoms with Crippen molar-refractivity contribution in [1.29, 1.82) is 0 Å². The Kier molecular flexibility index (Phi) is 5.53. The number of halogens is 2. The third-order valence-corrected chi connectivity index (χ3v) is 9.70. The minimum absolute atomic E-state index is 0.0135. The second-order valence-corrected chi connectivity index (χ2v) is 11.2. The lowest BCUT2D eigenvalue weighted by Gasteiger charge is -2.63. The average molecular weight is 480 g/mol. The molecule has 8 heteroatoms. The lowest BCUT2D eigenvalue weighted by atomic mass is 9.44. The fourth-order valence-electron chi connectivity index (χ4n) is 8.18. The van der Waals surface area contributed by atoms with Crippen LogP contribution in [-0.4, -0.2) is 66.2 Å². The summed E-state index contributed by atoms with van der Waals surface area (Å²) >= 11 is 0. The molecule has 3 saturated carbocycles. The molecule has 0 bridgehead atoms. The monoisotopic (exact) mass is 479 g/mol. The second-order valence-electron chi connectivity index (χ2n) is 11.2. The van der Waals surface area contributed by atoms with Gasteiger partial charge in [-0.2, -0.15) is 0 Å². The van der Waals surface area contributed by atoms with Gasteiger partial charge in [0.05, 0.1) is 18.8 Å². The van der Waals surface area contributed by atoms with E-state index in [-0.39, 0.29) is 36.5 Å². The fraction of sp³-hybridized carbons (Fsp3) is 0.769. The Morgan fingerprint density at radius 2 is 2.03 bits per heavy atom. The van der Waals surface area contributed by atoms with Gasteiger partial charge >= 0.3 is 0 Å². The average Bonchev–Trinajstić information content (AvgIpc) is 3.25. The fourth-order valence-corrected chi connectivity index (χ4v) is 8.18. The van der Waals surface area contributed by atoms with Crippen LogP contribution in [0, 0.1) is 22.7 Å². The highest BCUT2D eigenvalue weighted by Crippen LogP contribution is 2.72. The number of carbonyl (C=O) groups is 2. The van der Waals surface area contributed by atoms with E-state index in [9.17, 15) is 14.7 Å². The molecule has 1 aliphatic heterocycles. The molecule has 0 amide bonds. The maximum Gasteiger partial charge on any atom is 0.181 e. The smallest absolute Gasteiger partial charge is 0.181 e. The summed E-state index contributed by atoms with van der Waals surface area (Å²) in [5.74, 6) is -1.84. The van der Waals surface area contributed by atoms with Gasteiger partial charge in [0, 0.05) is 16.7 Å². The number of allylic oxidation sites excluding steroid dienone is 4. The van der Waals surface area contributed by atoms with Crippen LogP contribution >= 0.6 is 0 Å². The lowest BCUT2D eigenvalue weighted by molar-refractivity contribution is -0.233. The number of aliphatic hydroxyl groups excluding tert-OH is 1. The van der Waals surface area contributed by atoms with Gasteiger partial charge in [0.25, 0.3) is 0 Å². The van der Waals surface area contributed by atoms with Crippen LogP contribution in [0.25, 0.3) is 0 Å².